The second-order valence-corrected chi connectivity index (χ2v) is 7.30. The number of hydrogen-bond acceptors (Lipinski definition) is 4. The Morgan fingerprint density at radius 3 is 2.61 bits per heavy atom. The standard InChI is InChI=1S/C26H23NO4/c1-3-18-11-7-8-17(2)25(18)27-24(28)16-30-20-12-13-21-23(14-20)31-15-22(26(21)29)19-9-5-4-6-10-19/h4-15H,3,16H2,1-2H3,(H,27,28). The third-order valence-electron chi connectivity index (χ3n) is 5.21. The summed E-state index contributed by atoms with van der Waals surface area (Å²) >= 11 is 0. The normalized spacial score (nSPS) is 10.8. The van der Waals surface area contributed by atoms with Gasteiger partial charge >= 0.3 is 0 Å². The molecule has 4 rings (SSSR count). The molecule has 3 aromatic carbocycles. The summed E-state index contributed by atoms with van der Waals surface area (Å²) in [6.07, 6.45) is 2.29. The predicted molar refractivity (Wildman–Crippen MR) is 123 cm³/mol. The highest BCUT2D eigenvalue weighted by Crippen LogP contribution is 2.24. The van der Waals surface area contributed by atoms with Gasteiger partial charge in [0.05, 0.1) is 10.9 Å². The maximum Gasteiger partial charge on any atom is 0.262 e. The average molecular weight is 413 g/mol. The Hall–Kier alpha value is -3.86. The SMILES string of the molecule is CCc1cccc(C)c1NC(=O)COc1ccc2c(=O)c(-c3ccccc3)coc2c1. The number of nitrogens with one attached hydrogen (secondary N) is 1. The number of aryl methyl sites for hydroxylation is 2. The fraction of sp³-hybridized carbons (Fsp3) is 0.154. The van der Waals surface area contributed by atoms with Crippen LogP contribution in [0.2, 0.25) is 0 Å². The fourth-order valence-electron chi connectivity index (χ4n) is 3.54. The zero-order valence-corrected chi connectivity index (χ0v) is 17.5. The van der Waals surface area contributed by atoms with Crippen molar-refractivity contribution >= 4 is 22.6 Å². The molecule has 0 atom stereocenters. The monoisotopic (exact) mass is 413 g/mol. The Morgan fingerprint density at radius 1 is 1.03 bits per heavy atom. The molecule has 0 aliphatic carbocycles. The Labute approximate surface area is 180 Å². The fourth-order valence-corrected chi connectivity index (χ4v) is 3.54. The minimum atomic E-state index is -0.245. The molecule has 0 radical (unpaired) electrons. The van der Waals surface area contributed by atoms with Crippen LogP contribution in [0.3, 0.4) is 0 Å². The maximum atomic E-state index is 12.8. The van der Waals surface area contributed by atoms with E-state index in [4.69, 9.17) is 9.15 Å². The molecule has 0 spiro atoms. The highest BCUT2D eigenvalue weighted by molar-refractivity contribution is 5.93. The molecule has 1 N–H and O–H groups in total. The highest BCUT2D eigenvalue weighted by Gasteiger charge is 2.12. The van der Waals surface area contributed by atoms with Crippen molar-refractivity contribution in [3.05, 3.63) is 94.3 Å². The third-order valence-corrected chi connectivity index (χ3v) is 5.21. The van der Waals surface area contributed by atoms with Gasteiger partial charge < -0.3 is 14.5 Å². The van der Waals surface area contributed by atoms with Crippen molar-refractivity contribution in [3.63, 3.8) is 0 Å². The summed E-state index contributed by atoms with van der Waals surface area (Å²) in [7, 11) is 0. The topological polar surface area (TPSA) is 68.5 Å². The van der Waals surface area contributed by atoms with Crippen LogP contribution in [0.25, 0.3) is 22.1 Å². The van der Waals surface area contributed by atoms with E-state index in [0.717, 1.165) is 28.8 Å². The molecule has 1 heterocycles. The van der Waals surface area contributed by atoms with Gasteiger partial charge in [-0.3, -0.25) is 9.59 Å². The molecule has 0 unspecified atom stereocenters. The van der Waals surface area contributed by atoms with Crippen molar-refractivity contribution in [1.82, 2.24) is 0 Å². The number of fused-ring (bicyclic) bond motifs is 1. The van der Waals surface area contributed by atoms with Crippen molar-refractivity contribution in [2.45, 2.75) is 20.3 Å². The van der Waals surface area contributed by atoms with Gasteiger partial charge in [-0.05, 0) is 42.2 Å². The lowest BCUT2D eigenvalue weighted by molar-refractivity contribution is -0.118. The molecule has 0 fully saturated rings. The molecular weight excluding hydrogens is 390 g/mol. The van der Waals surface area contributed by atoms with E-state index < -0.39 is 0 Å². The van der Waals surface area contributed by atoms with Crippen molar-refractivity contribution in [3.8, 4) is 16.9 Å². The largest absolute Gasteiger partial charge is 0.484 e. The van der Waals surface area contributed by atoms with Crippen LogP contribution in [0.1, 0.15) is 18.1 Å². The number of amides is 1. The minimum absolute atomic E-state index is 0.108. The lowest BCUT2D eigenvalue weighted by atomic mass is 10.1. The Balaban J connectivity index is 1.50. The van der Waals surface area contributed by atoms with Crippen LogP contribution in [0, 0.1) is 6.92 Å². The maximum absolute atomic E-state index is 12.8. The lowest BCUT2D eigenvalue weighted by Gasteiger charge is -2.13. The van der Waals surface area contributed by atoms with E-state index in [-0.39, 0.29) is 17.9 Å². The number of carbonyl (C=O) groups is 1. The molecule has 5 nitrogen and oxygen atoms in total. The molecule has 0 aliphatic rings. The summed E-state index contributed by atoms with van der Waals surface area (Å²) in [5.74, 6) is 0.212. The zero-order valence-electron chi connectivity index (χ0n) is 17.5. The number of benzene rings is 3. The first-order valence-electron chi connectivity index (χ1n) is 10.2. The molecule has 5 heteroatoms. The van der Waals surface area contributed by atoms with Crippen molar-refractivity contribution < 1.29 is 13.9 Å². The number of para-hydroxylation sites is 1. The summed E-state index contributed by atoms with van der Waals surface area (Å²) in [4.78, 5) is 25.3. The van der Waals surface area contributed by atoms with Crippen LogP contribution in [0.4, 0.5) is 5.69 Å². The van der Waals surface area contributed by atoms with E-state index in [2.05, 4.69) is 5.32 Å². The van der Waals surface area contributed by atoms with Gasteiger partial charge in [-0.25, -0.2) is 0 Å². The van der Waals surface area contributed by atoms with Gasteiger partial charge in [0.25, 0.3) is 5.91 Å². The number of hydrogen-bond donors (Lipinski definition) is 1. The number of carbonyl (C=O) groups excluding carboxylic acids is 1. The van der Waals surface area contributed by atoms with Gasteiger partial charge in [-0.15, -0.1) is 0 Å². The molecule has 0 bridgehead atoms. The average Bonchev–Trinajstić information content (AvgIpc) is 2.80. The van der Waals surface area contributed by atoms with Gasteiger partial charge in [-0.2, -0.15) is 0 Å². The molecule has 0 saturated carbocycles. The third kappa shape index (κ3) is 4.36. The molecule has 156 valence electrons. The van der Waals surface area contributed by atoms with Gasteiger partial charge in [0.2, 0.25) is 0 Å². The first-order valence-corrected chi connectivity index (χ1v) is 10.2. The molecule has 31 heavy (non-hydrogen) atoms. The van der Waals surface area contributed by atoms with E-state index in [9.17, 15) is 9.59 Å². The van der Waals surface area contributed by atoms with Crippen LogP contribution in [0.15, 0.2) is 82.2 Å². The smallest absolute Gasteiger partial charge is 0.262 e. The van der Waals surface area contributed by atoms with E-state index in [0.29, 0.717) is 22.3 Å². The lowest BCUT2D eigenvalue weighted by Crippen LogP contribution is -2.21. The Morgan fingerprint density at radius 2 is 1.84 bits per heavy atom. The second kappa shape index (κ2) is 8.88. The quantitative estimate of drug-likeness (QED) is 0.463. The van der Waals surface area contributed by atoms with Crippen LogP contribution >= 0.6 is 0 Å². The van der Waals surface area contributed by atoms with Gasteiger partial charge in [-0.1, -0.05) is 55.5 Å². The number of anilines is 1. The van der Waals surface area contributed by atoms with E-state index in [1.54, 1.807) is 18.2 Å². The molecule has 1 aromatic heterocycles. The van der Waals surface area contributed by atoms with Gasteiger partial charge in [0.1, 0.15) is 17.6 Å². The van der Waals surface area contributed by atoms with Crippen molar-refractivity contribution in [2.75, 3.05) is 11.9 Å². The summed E-state index contributed by atoms with van der Waals surface area (Å²) in [5.41, 5.74) is 4.53. The molecular formula is C26H23NO4. The van der Waals surface area contributed by atoms with Crippen LogP contribution < -0.4 is 15.5 Å². The minimum Gasteiger partial charge on any atom is -0.484 e. The molecule has 1 amide bonds. The molecule has 4 aromatic rings. The number of ether oxygens (including phenoxy) is 1. The van der Waals surface area contributed by atoms with Crippen molar-refractivity contribution in [2.24, 2.45) is 0 Å². The van der Waals surface area contributed by atoms with Crippen LogP contribution in [-0.2, 0) is 11.2 Å². The van der Waals surface area contributed by atoms with E-state index in [1.807, 2.05) is 62.4 Å². The first kappa shape index (κ1) is 20.4. The summed E-state index contributed by atoms with van der Waals surface area (Å²) in [6, 6.07) is 20.3. The zero-order chi connectivity index (χ0) is 21.8. The van der Waals surface area contributed by atoms with Gasteiger partial charge in [0, 0.05) is 11.8 Å². The summed E-state index contributed by atoms with van der Waals surface area (Å²) in [5, 5.41) is 3.40. The molecule has 0 aliphatic heterocycles. The van der Waals surface area contributed by atoms with Crippen molar-refractivity contribution in [1.29, 1.82) is 0 Å². The highest BCUT2D eigenvalue weighted by atomic mass is 16.5. The predicted octanol–water partition coefficient (Wildman–Crippen LogP) is 5.35. The summed E-state index contributed by atoms with van der Waals surface area (Å²) < 4.78 is 11.3. The second-order valence-electron chi connectivity index (χ2n) is 7.30. The van der Waals surface area contributed by atoms with Crippen LogP contribution in [0.5, 0.6) is 5.75 Å². The summed E-state index contributed by atoms with van der Waals surface area (Å²) in [6.45, 7) is 3.87. The van der Waals surface area contributed by atoms with E-state index >= 15 is 0 Å². The Kier molecular flexibility index (Phi) is 5.85. The van der Waals surface area contributed by atoms with Crippen LogP contribution in [-0.4, -0.2) is 12.5 Å². The van der Waals surface area contributed by atoms with Gasteiger partial charge in [0.15, 0.2) is 12.0 Å². The number of rotatable bonds is 6. The Bertz CT molecular complexity index is 1290. The molecule has 0 saturated heterocycles. The van der Waals surface area contributed by atoms with E-state index in [1.165, 1.54) is 6.26 Å². The first-order chi connectivity index (χ1) is 15.1.